The van der Waals surface area contributed by atoms with Crippen molar-refractivity contribution < 1.29 is 4.79 Å². The Kier molecular flexibility index (Phi) is 2.08. The number of amidine groups is 1. The van der Waals surface area contributed by atoms with Gasteiger partial charge in [-0.25, -0.2) is 4.79 Å². The molecule has 2 aliphatic rings. The molecule has 1 aromatic rings. The van der Waals surface area contributed by atoms with Crippen LogP contribution in [-0.4, -0.2) is 36.4 Å². The van der Waals surface area contributed by atoms with Crippen LogP contribution in [0.15, 0.2) is 29.3 Å². The number of carbonyl (C=O) groups excluding carboxylic acids is 1. The van der Waals surface area contributed by atoms with Crippen molar-refractivity contribution in [1.82, 2.24) is 4.90 Å². The molecule has 0 bridgehead atoms. The highest BCUT2D eigenvalue weighted by atomic mass is 16.2. The van der Waals surface area contributed by atoms with E-state index in [-0.39, 0.29) is 12.6 Å². The highest BCUT2D eigenvalue weighted by Crippen LogP contribution is 2.30. The van der Waals surface area contributed by atoms with Crippen LogP contribution in [0.25, 0.3) is 0 Å². The summed E-state index contributed by atoms with van der Waals surface area (Å²) in [6.45, 7) is 1.31. The van der Waals surface area contributed by atoms with Crippen LogP contribution in [0.3, 0.4) is 0 Å². The summed E-state index contributed by atoms with van der Waals surface area (Å²) in [6.07, 6.45) is 0. The van der Waals surface area contributed by atoms with Crippen molar-refractivity contribution in [3.8, 4) is 6.07 Å². The number of carbonyl (C=O) groups is 1. The number of benzene rings is 1. The van der Waals surface area contributed by atoms with Gasteiger partial charge in [-0.1, -0.05) is 12.1 Å². The fourth-order valence-corrected chi connectivity index (χ4v) is 2.23. The Morgan fingerprint density at radius 1 is 1.41 bits per heavy atom. The van der Waals surface area contributed by atoms with E-state index in [1.807, 2.05) is 30.3 Å². The van der Waals surface area contributed by atoms with Crippen molar-refractivity contribution in [2.45, 2.75) is 0 Å². The Bertz CT molecular complexity index is 558. The molecule has 0 aliphatic carbocycles. The van der Waals surface area contributed by atoms with Crippen molar-refractivity contribution in [3.05, 3.63) is 29.8 Å². The standard InChI is InChI=1S/C12H10N4O/c13-5-7-15-10-4-2-1-3-9(10)11-14-6-8-16(11)12(15)17/h1-4H,6-8H2. The molecule has 3 rings (SSSR count). The molecule has 2 heterocycles. The number of hydrogen-bond donors (Lipinski definition) is 0. The molecule has 1 aromatic carbocycles. The summed E-state index contributed by atoms with van der Waals surface area (Å²) < 4.78 is 0. The first-order valence-electron chi connectivity index (χ1n) is 5.43. The molecule has 0 radical (unpaired) electrons. The van der Waals surface area contributed by atoms with E-state index < -0.39 is 0 Å². The molecular formula is C12H10N4O. The monoisotopic (exact) mass is 226 g/mol. The van der Waals surface area contributed by atoms with E-state index in [4.69, 9.17) is 5.26 Å². The lowest BCUT2D eigenvalue weighted by atomic mass is 10.1. The maximum Gasteiger partial charge on any atom is 0.331 e. The largest absolute Gasteiger partial charge is 0.331 e. The van der Waals surface area contributed by atoms with Gasteiger partial charge in [-0.3, -0.25) is 14.8 Å². The smallest absolute Gasteiger partial charge is 0.279 e. The van der Waals surface area contributed by atoms with E-state index >= 15 is 0 Å². The topological polar surface area (TPSA) is 59.7 Å². The van der Waals surface area contributed by atoms with Gasteiger partial charge < -0.3 is 0 Å². The fraction of sp³-hybridized carbons (Fsp3) is 0.250. The number of nitrogens with zero attached hydrogens (tertiary/aromatic N) is 4. The van der Waals surface area contributed by atoms with Crippen LogP contribution in [0.2, 0.25) is 0 Å². The number of anilines is 1. The number of rotatable bonds is 1. The van der Waals surface area contributed by atoms with Crippen molar-refractivity contribution in [2.24, 2.45) is 4.99 Å². The third kappa shape index (κ3) is 1.31. The Morgan fingerprint density at radius 3 is 3.06 bits per heavy atom. The Morgan fingerprint density at radius 2 is 2.24 bits per heavy atom. The van der Waals surface area contributed by atoms with Gasteiger partial charge in [0.25, 0.3) is 0 Å². The number of nitriles is 1. The van der Waals surface area contributed by atoms with Crippen LogP contribution >= 0.6 is 0 Å². The normalized spacial score (nSPS) is 17.4. The van der Waals surface area contributed by atoms with Gasteiger partial charge in [-0.2, -0.15) is 5.26 Å². The number of para-hydroxylation sites is 1. The quantitative estimate of drug-likeness (QED) is 0.676. The van der Waals surface area contributed by atoms with Crippen molar-refractivity contribution in [2.75, 3.05) is 24.5 Å². The lowest BCUT2D eigenvalue weighted by molar-refractivity contribution is 0.229. The van der Waals surface area contributed by atoms with Crippen LogP contribution in [0.1, 0.15) is 5.56 Å². The average molecular weight is 226 g/mol. The van der Waals surface area contributed by atoms with Crippen LogP contribution < -0.4 is 4.90 Å². The summed E-state index contributed by atoms with van der Waals surface area (Å²) in [6, 6.07) is 9.44. The second-order valence-electron chi connectivity index (χ2n) is 3.90. The first-order chi connectivity index (χ1) is 8.33. The molecular weight excluding hydrogens is 216 g/mol. The molecule has 0 spiro atoms. The number of amides is 2. The molecule has 0 atom stereocenters. The van der Waals surface area contributed by atoms with Crippen molar-refractivity contribution >= 4 is 17.6 Å². The lowest BCUT2D eigenvalue weighted by Crippen LogP contribution is -2.50. The van der Waals surface area contributed by atoms with Crippen LogP contribution in [0.4, 0.5) is 10.5 Å². The minimum Gasteiger partial charge on any atom is -0.279 e. The van der Waals surface area contributed by atoms with E-state index in [9.17, 15) is 4.79 Å². The van der Waals surface area contributed by atoms with Gasteiger partial charge in [0, 0.05) is 12.1 Å². The van der Waals surface area contributed by atoms with Gasteiger partial charge in [-0.15, -0.1) is 0 Å². The van der Waals surface area contributed by atoms with Gasteiger partial charge in [0.2, 0.25) is 0 Å². The Labute approximate surface area is 98.6 Å². The third-order valence-electron chi connectivity index (χ3n) is 2.97. The summed E-state index contributed by atoms with van der Waals surface area (Å²) in [5.41, 5.74) is 1.70. The molecule has 84 valence electrons. The first-order valence-corrected chi connectivity index (χ1v) is 5.43. The van der Waals surface area contributed by atoms with Gasteiger partial charge >= 0.3 is 6.03 Å². The first kappa shape index (κ1) is 9.85. The summed E-state index contributed by atoms with van der Waals surface area (Å²) in [7, 11) is 0. The van der Waals surface area contributed by atoms with Gasteiger partial charge in [0.1, 0.15) is 12.4 Å². The number of aliphatic imine (C=N–C) groups is 1. The molecule has 5 nitrogen and oxygen atoms in total. The molecule has 0 aromatic heterocycles. The predicted molar refractivity (Wildman–Crippen MR) is 62.9 cm³/mol. The average Bonchev–Trinajstić information content (AvgIpc) is 2.84. The van der Waals surface area contributed by atoms with E-state index in [1.165, 1.54) is 4.90 Å². The molecule has 5 heteroatoms. The molecule has 0 saturated carbocycles. The maximum atomic E-state index is 12.2. The van der Waals surface area contributed by atoms with Crippen LogP contribution in [-0.2, 0) is 0 Å². The SMILES string of the molecule is N#CCN1C(=O)N2CCN=C2c2ccccc21. The van der Waals surface area contributed by atoms with E-state index in [0.717, 1.165) is 17.1 Å². The highest BCUT2D eigenvalue weighted by Gasteiger charge is 2.36. The van der Waals surface area contributed by atoms with Gasteiger partial charge in [0.15, 0.2) is 0 Å². The third-order valence-corrected chi connectivity index (χ3v) is 2.97. The van der Waals surface area contributed by atoms with Crippen molar-refractivity contribution in [1.29, 1.82) is 5.26 Å². The maximum absolute atomic E-state index is 12.2. The number of urea groups is 1. The van der Waals surface area contributed by atoms with Gasteiger partial charge in [0.05, 0.1) is 18.3 Å². The van der Waals surface area contributed by atoms with E-state index in [0.29, 0.717) is 13.1 Å². The molecule has 0 saturated heterocycles. The Balaban J connectivity index is 2.17. The molecule has 2 amide bonds. The predicted octanol–water partition coefficient (Wildman–Crippen LogP) is 1.21. The lowest BCUT2D eigenvalue weighted by Gasteiger charge is -2.33. The summed E-state index contributed by atoms with van der Waals surface area (Å²) >= 11 is 0. The zero-order chi connectivity index (χ0) is 11.8. The number of hydrogen-bond acceptors (Lipinski definition) is 3. The molecule has 2 aliphatic heterocycles. The van der Waals surface area contributed by atoms with E-state index in [2.05, 4.69) is 4.99 Å². The molecule has 0 unspecified atom stereocenters. The zero-order valence-electron chi connectivity index (χ0n) is 9.13. The highest BCUT2D eigenvalue weighted by molar-refractivity contribution is 6.19. The summed E-state index contributed by atoms with van der Waals surface area (Å²) in [4.78, 5) is 19.7. The molecule has 0 N–H and O–H groups in total. The van der Waals surface area contributed by atoms with Crippen LogP contribution in [0, 0.1) is 11.3 Å². The Hall–Kier alpha value is -2.35. The minimum absolute atomic E-state index is 0.0691. The number of fused-ring (bicyclic) bond motifs is 3. The summed E-state index contributed by atoms with van der Waals surface area (Å²) in [5, 5.41) is 8.81. The fourth-order valence-electron chi connectivity index (χ4n) is 2.23. The summed E-state index contributed by atoms with van der Waals surface area (Å²) in [5.74, 6) is 0.736. The minimum atomic E-state index is -0.151. The van der Waals surface area contributed by atoms with Crippen LogP contribution in [0.5, 0.6) is 0 Å². The second-order valence-corrected chi connectivity index (χ2v) is 3.90. The second kappa shape index (κ2) is 3.59. The van der Waals surface area contributed by atoms with E-state index in [1.54, 1.807) is 4.90 Å². The van der Waals surface area contributed by atoms with Crippen molar-refractivity contribution in [3.63, 3.8) is 0 Å². The molecule has 17 heavy (non-hydrogen) atoms. The zero-order valence-corrected chi connectivity index (χ0v) is 9.13. The van der Waals surface area contributed by atoms with Gasteiger partial charge in [-0.05, 0) is 12.1 Å². The molecule has 0 fully saturated rings.